The molecule has 1 atom stereocenters. The first-order valence-electron chi connectivity index (χ1n) is 10.0. The lowest BCUT2D eigenvalue weighted by Gasteiger charge is -2.23. The van der Waals surface area contributed by atoms with Crippen LogP contribution in [0.3, 0.4) is 0 Å². The van der Waals surface area contributed by atoms with E-state index in [2.05, 4.69) is 27.6 Å². The van der Waals surface area contributed by atoms with Gasteiger partial charge in [0.25, 0.3) is 0 Å². The van der Waals surface area contributed by atoms with E-state index in [0.717, 1.165) is 35.1 Å². The number of hydrogen-bond acceptors (Lipinski definition) is 5. The van der Waals surface area contributed by atoms with Crippen molar-refractivity contribution >= 4 is 17.7 Å². The second kappa shape index (κ2) is 10.6. The maximum Gasteiger partial charge on any atom is 0.227 e. The van der Waals surface area contributed by atoms with Crippen LogP contribution in [0.25, 0.3) is 0 Å². The Balaban J connectivity index is 1.56. The summed E-state index contributed by atoms with van der Waals surface area (Å²) in [5, 5.41) is 12.5. The lowest BCUT2D eigenvalue weighted by Crippen LogP contribution is -2.34. The number of benzene rings is 1. The van der Waals surface area contributed by atoms with Crippen LogP contribution in [0.5, 0.6) is 0 Å². The minimum absolute atomic E-state index is 0.0524. The second-order valence-corrected chi connectivity index (χ2v) is 8.34. The molecule has 0 aliphatic heterocycles. The normalized spacial score (nSPS) is 15.6. The number of nitrogens with one attached hydrogen (secondary N) is 1. The fourth-order valence-electron chi connectivity index (χ4n) is 3.90. The first-order chi connectivity index (χ1) is 13.7. The molecule has 7 heteroatoms. The summed E-state index contributed by atoms with van der Waals surface area (Å²) in [4.78, 5) is 13.0. The van der Waals surface area contributed by atoms with Gasteiger partial charge in [0.15, 0.2) is 5.16 Å². The van der Waals surface area contributed by atoms with E-state index < -0.39 is 0 Å². The van der Waals surface area contributed by atoms with Crippen molar-refractivity contribution in [2.75, 3.05) is 26.0 Å². The molecule has 1 aromatic carbocycles. The van der Waals surface area contributed by atoms with Gasteiger partial charge in [0.05, 0.1) is 12.5 Å². The highest BCUT2D eigenvalue weighted by molar-refractivity contribution is 7.99. The van der Waals surface area contributed by atoms with Crippen molar-refractivity contribution in [1.82, 2.24) is 20.1 Å². The number of nitrogens with zero attached hydrogens (tertiary/aromatic N) is 3. The standard InChI is InChI=1S/C21H30N4O2S/c1-25-18(23-24-21(25)28-15-14-27-2)12-13-22-20(26)19(17-10-6-7-11-17)16-8-4-3-5-9-16/h3-5,8-9,17,19H,6-7,10-15H2,1-2H3,(H,22,26). The third-order valence-electron chi connectivity index (χ3n) is 5.40. The summed E-state index contributed by atoms with van der Waals surface area (Å²) < 4.78 is 7.07. The quantitative estimate of drug-likeness (QED) is 0.488. The average molecular weight is 403 g/mol. The van der Waals surface area contributed by atoms with E-state index in [-0.39, 0.29) is 11.8 Å². The van der Waals surface area contributed by atoms with Gasteiger partial charge in [-0.15, -0.1) is 10.2 Å². The zero-order chi connectivity index (χ0) is 19.8. The topological polar surface area (TPSA) is 69.0 Å². The van der Waals surface area contributed by atoms with Crippen LogP contribution in [0.4, 0.5) is 0 Å². The monoisotopic (exact) mass is 402 g/mol. The molecule has 6 nitrogen and oxygen atoms in total. The molecular weight excluding hydrogens is 372 g/mol. The van der Waals surface area contributed by atoms with Crippen molar-refractivity contribution in [3.05, 3.63) is 41.7 Å². The molecule has 1 aliphatic rings. The summed E-state index contributed by atoms with van der Waals surface area (Å²) in [5.74, 6) is 2.26. The van der Waals surface area contributed by atoms with Crippen molar-refractivity contribution in [3.63, 3.8) is 0 Å². The molecular formula is C21H30N4O2S. The van der Waals surface area contributed by atoms with Crippen LogP contribution in [0.15, 0.2) is 35.5 Å². The molecule has 1 heterocycles. The summed E-state index contributed by atoms with van der Waals surface area (Å²) in [6.45, 7) is 1.26. The minimum atomic E-state index is -0.0524. The number of amides is 1. The van der Waals surface area contributed by atoms with Crippen LogP contribution in [-0.2, 0) is 23.0 Å². The van der Waals surface area contributed by atoms with Gasteiger partial charge in [-0.25, -0.2) is 0 Å². The summed E-state index contributed by atoms with van der Waals surface area (Å²) in [7, 11) is 3.66. The van der Waals surface area contributed by atoms with Crippen molar-refractivity contribution in [2.24, 2.45) is 13.0 Å². The summed E-state index contributed by atoms with van der Waals surface area (Å²) >= 11 is 1.63. The van der Waals surface area contributed by atoms with Gasteiger partial charge in [0.2, 0.25) is 5.91 Å². The first-order valence-corrected chi connectivity index (χ1v) is 11.0. The predicted molar refractivity (Wildman–Crippen MR) is 111 cm³/mol. The molecule has 2 aromatic rings. The van der Waals surface area contributed by atoms with E-state index in [1.165, 1.54) is 12.8 Å². The average Bonchev–Trinajstić information content (AvgIpc) is 3.35. The number of carbonyl (C=O) groups excluding carboxylic acids is 1. The van der Waals surface area contributed by atoms with E-state index in [1.54, 1.807) is 18.9 Å². The second-order valence-electron chi connectivity index (χ2n) is 7.27. The number of aromatic nitrogens is 3. The van der Waals surface area contributed by atoms with Gasteiger partial charge < -0.3 is 14.6 Å². The van der Waals surface area contributed by atoms with Crippen LogP contribution in [0.1, 0.15) is 43.0 Å². The minimum Gasteiger partial charge on any atom is -0.384 e. The van der Waals surface area contributed by atoms with E-state index in [0.29, 0.717) is 25.5 Å². The number of thioether (sulfide) groups is 1. The summed E-state index contributed by atoms with van der Waals surface area (Å²) in [6.07, 6.45) is 5.40. The Morgan fingerprint density at radius 2 is 2.04 bits per heavy atom. The maximum absolute atomic E-state index is 13.0. The molecule has 3 rings (SSSR count). The molecule has 1 aromatic heterocycles. The van der Waals surface area contributed by atoms with Gasteiger partial charge >= 0.3 is 0 Å². The number of hydrogen-bond donors (Lipinski definition) is 1. The Labute approximate surface area is 171 Å². The molecule has 28 heavy (non-hydrogen) atoms. The summed E-state index contributed by atoms with van der Waals surface area (Å²) in [6, 6.07) is 10.2. The fourth-order valence-corrected chi connectivity index (χ4v) is 4.73. The molecule has 0 bridgehead atoms. The Morgan fingerprint density at radius 3 is 2.75 bits per heavy atom. The molecule has 1 N–H and O–H groups in total. The Bertz CT molecular complexity index is 744. The smallest absolute Gasteiger partial charge is 0.227 e. The van der Waals surface area contributed by atoms with Crippen LogP contribution in [0, 0.1) is 5.92 Å². The molecule has 0 radical (unpaired) electrons. The van der Waals surface area contributed by atoms with Gasteiger partial charge in [-0.05, 0) is 24.3 Å². The molecule has 1 fully saturated rings. The van der Waals surface area contributed by atoms with Gasteiger partial charge in [-0.1, -0.05) is 54.9 Å². The highest BCUT2D eigenvalue weighted by Gasteiger charge is 2.31. The van der Waals surface area contributed by atoms with Crippen LogP contribution >= 0.6 is 11.8 Å². The zero-order valence-electron chi connectivity index (χ0n) is 16.8. The molecule has 1 saturated carbocycles. The van der Waals surface area contributed by atoms with E-state index in [4.69, 9.17) is 4.74 Å². The molecule has 152 valence electrons. The lowest BCUT2D eigenvalue weighted by molar-refractivity contribution is -0.123. The molecule has 0 spiro atoms. The van der Waals surface area contributed by atoms with Crippen LogP contribution < -0.4 is 5.32 Å². The van der Waals surface area contributed by atoms with Crippen LogP contribution in [0.2, 0.25) is 0 Å². The number of rotatable bonds is 10. The Morgan fingerprint density at radius 1 is 1.29 bits per heavy atom. The number of ether oxygens (including phenoxy) is 1. The lowest BCUT2D eigenvalue weighted by atomic mass is 9.84. The van der Waals surface area contributed by atoms with Gasteiger partial charge in [0.1, 0.15) is 5.82 Å². The fraction of sp³-hybridized carbons (Fsp3) is 0.571. The molecule has 1 aliphatic carbocycles. The number of carbonyl (C=O) groups is 1. The molecule has 1 amide bonds. The highest BCUT2D eigenvalue weighted by atomic mass is 32.2. The predicted octanol–water partition coefficient (Wildman–Crippen LogP) is 3.19. The Hall–Kier alpha value is -1.86. The summed E-state index contributed by atoms with van der Waals surface area (Å²) in [5.41, 5.74) is 1.13. The van der Waals surface area contributed by atoms with Crippen LogP contribution in [-0.4, -0.2) is 46.7 Å². The third-order valence-corrected chi connectivity index (χ3v) is 6.39. The van der Waals surface area contributed by atoms with E-state index in [1.807, 2.05) is 29.8 Å². The van der Waals surface area contributed by atoms with Crippen molar-refractivity contribution < 1.29 is 9.53 Å². The Kier molecular flexibility index (Phi) is 7.91. The highest BCUT2D eigenvalue weighted by Crippen LogP contribution is 2.37. The van der Waals surface area contributed by atoms with Gasteiger partial charge in [-0.2, -0.15) is 0 Å². The van der Waals surface area contributed by atoms with E-state index >= 15 is 0 Å². The van der Waals surface area contributed by atoms with Crippen molar-refractivity contribution in [2.45, 2.75) is 43.2 Å². The zero-order valence-corrected chi connectivity index (χ0v) is 17.6. The largest absolute Gasteiger partial charge is 0.384 e. The maximum atomic E-state index is 13.0. The SMILES string of the molecule is COCCSc1nnc(CCNC(=O)C(c2ccccc2)C2CCCC2)n1C. The third kappa shape index (κ3) is 5.35. The number of methoxy groups -OCH3 is 1. The van der Waals surface area contributed by atoms with E-state index in [9.17, 15) is 4.79 Å². The molecule has 1 unspecified atom stereocenters. The van der Waals surface area contributed by atoms with Gasteiger partial charge in [-0.3, -0.25) is 4.79 Å². The first kappa shape index (κ1) is 20.9. The van der Waals surface area contributed by atoms with Crippen molar-refractivity contribution in [1.29, 1.82) is 0 Å². The van der Waals surface area contributed by atoms with Gasteiger partial charge in [0, 0.05) is 32.9 Å². The molecule has 0 saturated heterocycles. The van der Waals surface area contributed by atoms with Crippen molar-refractivity contribution in [3.8, 4) is 0 Å².